The first-order valence-corrected chi connectivity index (χ1v) is 7.24. The van der Waals surface area contributed by atoms with Gasteiger partial charge in [0.15, 0.2) is 0 Å². The summed E-state index contributed by atoms with van der Waals surface area (Å²) in [6, 6.07) is 14.3. The van der Waals surface area contributed by atoms with Crippen molar-refractivity contribution in [3.8, 4) is 28.5 Å². The topological polar surface area (TPSA) is 62.6 Å². The zero-order chi connectivity index (χ0) is 16.9. The molecule has 0 radical (unpaired) electrons. The number of nitrogens with zero attached hydrogens (tertiary/aromatic N) is 2. The first-order chi connectivity index (χ1) is 11.7. The number of hydrogen-bond acceptors (Lipinski definition) is 5. The number of methoxy groups -OCH3 is 2. The molecule has 3 aromatic rings. The molecule has 0 N–H and O–H groups in total. The molecule has 3 rings (SSSR count). The van der Waals surface area contributed by atoms with Gasteiger partial charge in [-0.05, 0) is 24.3 Å². The van der Waals surface area contributed by atoms with Gasteiger partial charge in [0.05, 0.1) is 19.9 Å². The maximum Gasteiger partial charge on any atom is 0.424 e. The fourth-order valence-electron chi connectivity index (χ4n) is 2.17. The molecule has 0 atom stereocenters. The molecule has 2 aromatic carbocycles. The van der Waals surface area contributed by atoms with Gasteiger partial charge in [-0.25, -0.2) is 14.3 Å². The van der Waals surface area contributed by atoms with Crippen molar-refractivity contribution in [3.63, 3.8) is 0 Å². The van der Waals surface area contributed by atoms with E-state index in [-0.39, 0.29) is 0 Å². The molecular weight excluding hydrogens is 308 g/mol. The lowest BCUT2D eigenvalue weighted by molar-refractivity contribution is 0.202. The van der Waals surface area contributed by atoms with Crippen molar-refractivity contribution < 1.29 is 19.0 Å². The molecule has 0 unspecified atom stereocenters. The molecule has 0 aliphatic rings. The first-order valence-electron chi connectivity index (χ1n) is 7.24. The van der Waals surface area contributed by atoms with E-state index in [4.69, 9.17) is 14.2 Å². The first kappa shape index (κ1) is 15.6. The van der Waals surface area contributed by atoms with Gasteiger partial charge in [-0.15, -0.1) is 0 Å². The summed E-state index contributed by atoms with van der Waals surface area (Å²) in [5.41, 5.74) is 1.38. The lowest BCUT2D eigenvalue weighted by Crippen LogP contribution is -2.14. The highest BCUT2D eigenvalue weighted by Gasteiger charge is 2.12. The van der Waals surface area contributed by atoms with Gasteiger partial charge in [0.2, 0.25) is 0 Å². The Labute approximate surface area is 139 Å². The highest BCUT2D eigenvalue weighted by atomic mass is 16.6. The average Bonchev–Trinajstić information content (AvgIpc) is 3.12. The Morgan fingerprint density at radius 3 is 2.25 bits per heavy atom. The predicted octanol–water partition coefficient (Wildman–Crippen LogP) is 3.61. The molecule has 0 saturated carbocycles. The van der Waals surface area contributed by atoms with Gasteiger partial charge in [-0.1, -0.05) is 18.2 Å². The number of rotatable bonds is 4. The summed E-state index contributed by atoms with van der Waals surface area (Å²) in [6.45, 7) is 0. The van der Waals surface area contributed by atoms with Gasteiger partial charge >= 0.3 is 6.09 Å². The molecule has 0 aliphatic carbocycles. The number of aromatic nitrogens is 2. The van der Waals surface area contributed by atoms with Gasteiger partial charge in [-0.2, -0.15) is 0 Å². The smallest absolute Gasteiger partial charge is 0.424 e. The summed E-state index contributed by atoms with van der Waals surface area (Å²) < 4.78 is 17.1. The molecule has 122 valence electrons. The Balaban J connectivity index is 1.84. The molecule has 0 saturated heterocycles. The molecular formula is C18H16N2O4. The number of imidazole rings is 1. The minimum Gasteiger partial charge on any atom is -0.497 e. The molecule has 0 bridgehead atoms. The van der Waals surface area contributed by atoms with E-state index in [2.05, 4.69) is 4.98 Å². The largest absolute Gasteiger partial charge is 0.497 e. The highest BCUT2D eigenvalue weighted by molar-refractivity contribution is 5.75. The summed E-state index contributed by atoms with van der Waals surface area (Å²) in [5.74, 6) is 1.76. The van der Waals surface area contributed by atoms with Crippen LogP contribution in [0.1, 0.15) is 0 Å². The molecule has 1 aromatic heterocycles. The second-order valence-corrected chi connectivity index (χ2v) is 4.95. The summed E-state index contributed by atoms with van der Waals surface area (Å²) >= 11 is 0. The van der Waals surface area contributed by atoms with E-state index >= 15 is 0 Å². The van der Waals surface area contributed by atoms with Crippen molar-refractivity contribution in [2.45, 2.75) is 0 Å². The fourth-order valence-corrected chi connectivity index (χ4v) is 2.17. The van der Waals surface area contributed by atoms with E-state index in [0.29, 0.717) is 22.9 Å². The Bertz CT molecular complexity index is 821. The summed E-state index contributed by atoms with van der Waals surface area (Å²) in [7, 11) is 3.16. The Hall–Kier alpha value is -3.28. The van der Waals surface area contributed by atoms with Crippen molar-refractivity contribution in [2.24, 2.45) is 0 Å². The maximum atomic E-state index is 12.2. The van der Waals surface area contributed by atoms with Crippen molar-refractivity contribution >= 4 is 6.09 Å². The second kappa shape index (κ2) is 6.87. The number of carbonyl (C=O) groups is 1. The summed E-state index contributed by atoms with van der Waals surface area (Å²) in [4.78, 5) is 16.4. The number of hydrogen-bond donors (Lipinski definition) is 0. The molecule has 6 nitrogen and oxygen atoms in total. The summed E-state index contributed by atoms with van der Waals surface area (Å²) in [6.07, 6.45) is 2.47. The van der Waals surface area contributed by atoms with Gasteiger partial charge in [-0.3, -0.25) is 0 Å². The molecule has 0 spiro atoms. The quantitative estimate of drug-likeness (QED) is 0.733. The Morgan fingerprint density at radius 2 is 1.62 bits per heavy atom. The number of carbonyl (C=O) groups excluding carboxylic acids is 1. The van der Waals surface area contributed by atoms with Crippen molar-refractivity contribution in [3.05, 3.63) is 61.1 Å². The van der Waals surface area contributed by atoms with E-state index in [1.54, 1.807) is 50.7 Å². The van der Waals surface area contributed by atoms with Crippen LogP contribution >= 0.6 is 0 Å². The third-order valence-electron chi connectivity index (χ3n) is 3.39. The highest BCUT2D eigenvalue weighted by Crippen LogP contribution is 2.28. The number of benzene rings is 2. The van der Waals surface area contributed by atoms with Crippen molar-refractivity contribution in [2.75, 3.05) is 14.2 Å². The van der Waals surface area contributed by atoms with Crippen molar-refractivity contribution in [1.29, 1.82) is 0 Å². The van der Waals surface area contributed by atoms with Crippen LogP contribution in [0.2, 0.25) is 0 Å². The minimum absolute atomic E-state index is 0.473. The molecule has 1 heterocycles. The number of ether oxygens (including phenoxy) is 3. The third-order valence-corrected chi connectivity index (χ3v) is 3.39. The van der Waals surface area contributed by atoms with Gasteiger partial charge in [0.25, 0.3) is 0 Å². The van der Waals surface area contributed by atoms with E-state index in [1.807, 2.05) is 18.2 Å². The zero-order valence-corrected chi connectivity index (χ0v) is 13.3. The van der Waals surface area contributed by atoms with Gasteiger partial charge in [0.1, 0.15) is 23.6 Å². The Morgan fingerprint density at radius 1 is 0.958 bits per heavy atom. The molecule has 24 heavy (non-hydrogen) atoms. The lowest BCUT2D eigenvalue weighted by Gasteiger charge is -2.06. The molecule has 0 aliphatic heterocycles. The monoisotopic (exact) mass is 324 g/mol. The van der Waals surface area contributed by atoms with E-state index in [1.165, 1.54) is 10.9 Å². The van der Waals surface area contributed by atoms with Crippen LogP contribution in [-0.4, -0.2) is 29.9 Å². The summed E-state index contributed by atoms with van der Waals surface area (Å²) in [5, 5.41) is 0. The van der Waals surface area contributed by atoms with E-state index < -0.39 is 6.09 Å². The number of para-hydroxylation sites is 1. The standard InChI is InChI=1S/C18H16N2O4/c1-22-15-8-13(9-16(10-15)23-2)17-11-20(12-19-17)18(21)24-14-6-4-3-5-7-14/h3-12H,1-2H3. The second-order valence-electron chi connectivity index (χ2n) is 4.95. The SMILES string of the molecule is COc1cc(OC)cc(-c2cn(C(=O)Oc3ccccc3)cn2)c1. The predicted molar refractivity (Wildman–Crippen MR) is 88.6 cm³/mol. The molecule has 0 fully saturated rings. The van der Waals surface area contributed by atoms with Crippen LogP contribution in [-0.2, 0) is 0 Å². The molecule has 0 amide bonds. The maximum absolute atomic E-state index is 12.2. The van der Waals surface area contributed by atoms with Crippen LogP contribution in [0.4, 0.5) is 4.79 Å². The van der Waals surface area contributed by atoms with Crippen LogP contribution < -0.4 is 14.2 Å². The average molecular weight is 324 g/mol. The lowest BCUT2D eigenvalue weighted by atomic mass is 10.1. The van der Waals surface area contributed by atoms with Crippen LogP contribution in [0.3, 0.4) is 0 Å². The van der Waals surface area contributed by atoms with Crippen LogP contribution in [0.5, 0.6) is 17.2 Å². The van der Waals surface area contributed by atoms with E-state index in [0.717, 1.165) is 5.56 Å². The van der Waals surface area contributed by atoms with Crippen molar-refractivity contribution in [1.82, 2.24) is 9.55 Å². The van der Waals surface area contributed by atoms with Crippen LogP contribution in [0.15, 0.2) is 61.1 Å². The zero-order valence-electron chi connectivity index (χ0n) is 13.3. The normalized spacial score (nSPS) is 10.2. The van der Waals surface area contributed by atoms with Crippen LogP contribution in [0.25, 0.3) is 11.3 Å². The third kappa shape index (κ3) is 3.38. The van der Waals surface area contributed by atoms with Gasteiger partial charge < -0.3 is 14.2 Å². The fraction of sp³-hybridized carbons (Fsp3) is 0.111. The van der Waals surface area contributed by atoms with Crippen LogP contribution in [0, 0.1) is 0 Å². The Kier molecular flexibility index (Phi) is 4.47. The van der Waals surface area contributed by atoms with Gasteiger partial charge in [0, 0.05) is 17.8 Å². The van der Waals surface area contributed by atoms with E-state index in [9.17, 15) is 4.79 Å². The molecule has 6 heteroatoms. The minimum atomic E-state index is -0.533.